The molecular weight excluding hydrogens is 244 g/mol. The zero-order valence-electron chi connectivity index (χ0n) is 11.0. The molecule has 1 aliphatic rings. The van der Waals surface area contributed by atoms with Crippen molar-refractivity contribution < 1.29 is 10.0 Å². The van der Waals surface area contributed by atoms with Gasteiger partial charge in [-0.15, -0.1) is 0 Å². The minimum absolute atomic E-state index is 0.0686. The van der Waals surface area contributed by atoms with Gasteiger partial charge in [-0.25, -0.2) is 0 Å². The van der Waals surface area contributed by atoms with Gasteiger partial charge in [-0.1, -0.05) is 25.3 Å². The highest BCUT2D eigenvalue weighted by Gasteiger charge is 2.22. The Morgan fingerprint density at radius 2 is 2.05 bits per heavy atom. The van der Waals surface area contributed by atoms with Gasteiger partial charge in [-0.3, -0.25) is 10.1 Å². The average Bonchev–Trinajstić information content (AvgIpc) is 2.46. The molecule has 0 heterocycles. The van der Waals surface area contributed by atoms with Crippen LogP contribution in [0.1, 0.15) is 32.1 Å². The molecule has 0 radical (unpaired) electrons. The first-order valence-electron chi connectivity index (χ1n) is 6.84. The maximum atomic E-state index is 10.8. The minimum Gasteiger partial charge on any atom is -0.395 e. The number of aliphatic hydroxyl groups excluding tert-OH is 1. The van der Waals surface area contributed by atoms with Crippen molar-refractivity contribution in [1.29, 1.82) is 0 Å². The van der Waals surface area contributed by atoms with Crippen LogP contribution in [0.15, 0.2) is 24.3 Å². The van der Waals surface area contributed by atoms with E-state index in [2.05, 4.69) is 4.90 Å². The summed E-state index contributed by atoms with van der Waals surface area (Å²) in [5.74, 6) is 0. The van der Waals surface area contributed by atoms with E-state index in [1.54, 1.807) is 12.1 Å². The monoisotopic (exact) mass is 264 g/mol. The lowest BCUT2D eigenvalue weighted by molar-refractivity contribution is -0.384. The van der Waals surface area contributed by atoms with E-state index in [9.17, 15) is 15.2 Å². The van der Waals surface area contributed by atoms with Crippen LogP contribution >= 0.6 is 0 Å². The number of rotatable bonds is 5. The summed E-state index contributed by atoms with van der Waals surface area (Å²) >= 11 is 0. The second-order valence-electron chi connectivity index (χ2n) is 4.99. The molecule has 0 amide bonds. The summed E-state index contributed by atoms with van der Waals surface area (Å²) in [5.41, 5.74) is 0.950. The fourth-order valence-electron chi connectivity index (χ4n) is 2.81. The number of non-ortho nitro benzene ring substituents is 1. The summed E-state index contributed by atoms with van der Waals surface area (Å²) in [7, 11) is 0. The standard InChI is InChI=1S/C14H20N2O3/c17-10-9-15(12-5-2-1-3-6-12)13-7-4-8-14(11-13)16(18)19/h4,7-8,11-12,17H,1-3,5-6,9-10H2. The van der Waals surface area contributed by atoms with Gasteiger partial charge in [0.15, 0.2) is 0 Å². The smallest absolute Gasteiger partial charge is 0.271 e. The SMILES string of the molecule is O=[N+]([O-])c1cccc(N(CCO)C2CCCCC2)c1. The van der Waals surface area contributed by atoms with Gasteiger partial charge >= 0.3 is 0 Å². The Morgan fingerprint density at radius 1 is 1.32 bits per heavy atom. The lowest BCUT2D eigenvalue weighted by Gasteiger charge is -2.35. The van der Waals surface area contributed by atoms with Crippen LogP contribution in [0.5, 0.6) is 0 Å². The fourth-order valence-corrected chi connectivity index (χ4v) is 2.81. The van der Waals surface area contributed by atoms with Crippen molar-refractivity contribution in [1.82, 2.24) is 0 Å². The van der Waals surface area contributed by atoms with E-state index in [0.717, 1.165) is 18.5 Å². The Bertz CT molecular complexity index is 430. The van der Waals surface area contributed by atoms with Crippen molar-refractivity contribution in [3.8, 4) is 0 Å². The minimum atomic E-state index is -0.374. The molecule has 1 fully saturated rings. The van der Waals surface area contributed by atoms with Crippen molar-refractivity contribution in [2.45, 2.75) is 38.1 Å². The van der Waals surface area contributed by atoms with Crippen molar-refractivity contribution in [2.75, 3.05) is 18.1 Å². The summed E-state index contributed by atoms with van der Waals surface area (Å²) in [5, 5.41) is 20.1. The summed E-state index contributed by atoms with van der Waals surface area (Å²) < 4.78 is 0. The first kappa shape index (κ1) is 13.8. The second-order valence-corrected chi connectivity index (χ2v) is 4.99. The first-order chi connectivity index (χ1) is 9.22. The molecule has 0 unspecified atom stereocenters. The summed E-state index contributed by atoms with van der Waals surface area (Å²) in [6.07, 6.45) is 5.85. The van der Waals surface area contributed by atoms with Crippen LogP contribution in [0.4, 0.5) is 11.4 Å². The van der Waals surface area contributed by atoms with Crippen LogP contribution in [0.3, 0.4) is 0 Å². The number of hydrogen-bond acceptors (Lipinski definition) is 4. The molecule has 0 spiro atoms. The molecule has 19 heavy (non-hydrogen) atoms. The number of nitro groups is 1. The summed E-state index contributed by atoms with van der Waals surface area (Å²) in [6, 6.07) is 7.09. The lowest BCUT2D eigenvalue weighted by Crippen LogP contribution is -2.38. The number of nitro benzene ring substituents is 1. The number of aliphatic hydroxyl groups is 1. The summed E-state index contributed by atoms with van der Waals surface area (Å²) in [4.78, 5) is 12.6. The van der Waals surface area contributed by atoms with E-state index in [1.807, 2.05) is 6.07 Å². The molecule has 5 heteroatoms. The predicted molar refractivity (Wildman–Crippen MR) is 74.4 cm³/mol. The van der Waals surface area contributed by atoms with Gasteiger partial charge in [0.25, 0.3) is 5.69 Å². The largest absolute Gasteiger partial charge is 0.395 e. The van der Waals surface area contributed by atoms with Crippen molar-refractivity contribution in [2.24, 2.45) is 0 Å². The van der Waals surface area contributed by atoms with Gasteiger partial charge in [-0.05, 0) is 18.9 Å². The molecule has 0 aliphatic heterocycles. The van der Waals surface area contributed by atoms with Gasteiger partial charge < -0.3 is 10.0 Å². The number of anilines is 1. The zero-order valence-corrected chi connectivity index (χ0v) is 11.0. The molecule has 1 N–H and O–H groups in total. The molecule has 1 aromatic carbocycles. The highest BCUT2D eigenvalue weighted by molar-refractivity contribution is 5.54. The highest BCUT2D eigenvalue weighted by atomic mass is 16.6. The third kappa shape index (κ3) is 3.44. The van der Waals surface area contributed by atoms with E-state index in [4.69, 9.17) is 0 Å². The van der Waals surface area contributed by atoms with E-state index in [1.165, 1.54) is 25.3 Å². The molecule has 2 rings (SSSR count). The highest BCUT2D eigenvalue weighted by Crippen LogP contribution is 2.29. The number of nitrogens with zero attached hydrogens (tertiary/aromatic N) is 2. The van der Waals surface area contributed by atoms with Gasteiger partial charge in [0.2, 0.25) is 0 Å². The van der Waals surface area contributed by atoms with Crippen LogP contribution in [0.2, 0.25) is 0 Å². The molecule has 0 bridgehead atoms. The third-order valence-electron chi connectivity index (χ3n) is 3.73. The Hall–Kier alpha value is -1.62. The maximum absolute atomic E-state index is 10.8. The predicted octanol–water partition coefficient (Wildman–Crippen LogP) is 2.73. The first-order valence-corrected chi connectivity index (χ1v) is 6.84. The molecule has 5 nitrogen and oxygen atoms in total. The molecular formula is C14H20N2O3. The van der Waals surface area contributed by atoms with E-state index in [0.29, 0.717) is 12.6 Å². The molecule has 104 valence electrons. The second kappa shape index (κ2) is 6.52. The normalized spacial score (nSPS) is 16.3. The van der Waals surface area contributed by atoms with E-state index in [-0.39, 0.29) is 17.2 Å². The van der Waals surface area contributed by atoms with Gasteiger partial charge in [0.1, 0.15) is 0 Å². The fraction of sp³-hybridized carbons (Fsp3) is 0.571. The Kier molecular flexibility index (Phi) is 4.74. The Morgan fingerprint density at radius 3 is 2.68 bits per heavy atom. The van der Waals surface area contributed by atoms with Crippen molar-refractivity contribution in [3.63, 3.8) is 0 Å². The van der Waals surface area contributed by atoms with Gasteiger partial charge in [0.05, 0.1) is 11.5 Å². The Balaban J connectivity index is 2.22. The van der Waals surface area contributed by atoms with Crippen LogP contribution in [-0.2, 0) is 0 Å². The zero-order chi connectivity index (χ0) is 13.7. The molecule has 0 atom stereocenters. The van der Waals surface area contributed by atoms with Crippen LogP contribution < -0.4 is 4.90 Å². The third-order valence-corrected chi connectivity index (χ3v) is 3.73. The molecule has 1 aromatic rings. The van der Waals surface area contributed by atoms with Gasteiger partial charge in [0, 0.05) is 30.4 Å². The molecule has 0 saturated heterocycles. The van der Waals surface area contributed by atoms with Gasteiger partial charge in [-0.2, -0.15) is 0 Å². The summed E-state index contributed by atoms with van der Waals surface area (Å²) in [6.45, 7) is 0.602. The van der Waals surface area contributed by atoms with Crippen molar-refractivity contribution in [3.05, 3.63) is 34.4 Å². The van der Waals surface area contributed by atoms with Crippen LogP contribution in [-0.4, -0.2) is 29.2 Å². The van der Waals surface area contributed by atoms with Crippen molar-refractivity contribution >= 4 is 11.4 Å². The Labute approximate surface area is 113 Å². The number of benzene rings is 1. The number of hydrogen-bond donors (Lipinski definition) is 1. The van der Waals surface area contributed by atoms with E-state index >= 15 is 0 Å². The molecule has 1 saturated carbocycles. The topological polar surface area (TPSA) is 66.6 Å². The lowest BCUT2D eigenvalue weighted by atomic mass is 9.93. The maximum Gasteiger partial charge on any atom is 0.271 e. The van der Waals surface area contributed by atoms with Crippen LogP contribution in [0, 0.1) is 10.1 Å². The molecule has 1 aliphatic carbocycles. The average molecular weight is 264 g/mol. The quantitative estimate of drug-likeness (QED) is 0.656. The van der Waals surface area contributed by atoms with E-state index < -0.39 is 0 Å². The molecule has 0 aromatic heterocycles. The van der Waals surface area contributed by atoms with Crippen LogP contribution in [0.25, 0.3) is 0 Å².